The van der Waals surface area contributed by atoms with Crippen LogP contribution in [0.15, 0.2) is 0 Å². The fourth-order valence-electron chi connectivity index (χ4n) is 1.65. The quantitative estimate of drug-likeness (QED) is 0.705. The lowest BCUT2D eigenvalue weighted by Crippen LogP contribution is -2.41. The van der Waals surface area contributed by atoms with E-state index in [1.807, 2.05) is 6.92 Å². The number of rotatable bonds is 4. The van der Waals surface area contributed by atoms with Crippen molar-refractivity contribution in [3.05, 3.63) is 0 Å². The Bertz CT molecular complexity index is 276. The van der Waals surface area contributed by atoms with Crippen LogP contribution in [0.1, 0.15) is 46.5 Å². The van der Waals surface area contributed by atoms with Gasteiger partial charge >= 0.3 is 11.9 Å². The van der Waals surface area contributed by atoms with Crippen molar-refractivity contribution in [1.29, 1.82) is 0 Å². The van der Waals surface area contributed by atoms with E-state index in [0.29, 0.717) is 25.7 Å². The molecule has 0 aromatic heterocycles. The second-order valence-electron chi connectivity index (χ2n) is 4.07. The van der Waals surface area contributed by atoms with Crippen LogP contribution in [0.2, 0.25) is 0 Å². The molecular weight excluding hydrogens is 224 g/mol. The lowest BCUT2D eigenvalue weighted by atomic mass is 10.1. The van der Waals surface area contributed by atoms with E-state index < -0.39 is 6.29 Å². The normalized spacial score (nSPS) is 28.5. The first-order valence-electron chi connectivity index (χ1n) is 6.11. The maximum absolute atomic E-state index is 11.2. The van der Waals surface area contributed by atoms with E-state index in [2.05, 4.69) is 0 Å². The summed E-state index contributed by atoms with van der Waals surface area (Å²) in [5.41, 5.74) is 0. The lowest BCUT2D eigenvalue weighted by Gasteiger charge is -2.33. The molecule has 0 bridgehead atoms. The van der Waals surface area contributed by atoms with E-state index in [1.54, 1.807) is 13.8 Å². The molecule has 1 aliphatic rings. The molecule has 0 unspecified atom stereocenters. The summed E-state index contributed by atoms with van der Waals surface area (Å²) in [6, 6.07) is 0. The first kappa shape index (κ1) is 14.0. The Morgan fingerprint density at radius 2 is 1.71 bits per heavy atom. The molecular formula is C12H20O5. The van der Waals surface area contributed by atoms with Crippen molar-refractivity contribution in [3.8, 4) is 0 Å². The van der Waals surface area contributed by atoms with Crippen molar-refractivity contribution in [3.63, 3.8) is 0 Å². The maximum Gasteiger partial charge on any atom is 0.307 e. The molecule has 17 heavy (non-hydrogen) atoms. The highest BCUT2D eigenvalue weighted by molar-refractivity contribution is 5.69. The Hall–Kier alpha value is -1.10. The van der Waals surface area contributed by atoms with Crippen molar-refractivity contribution in [2.45, 2.75) is 65.0 Å². The number of carbonyl (C=O) groups is 2. The fraction of sp³-hybridized carbons (Fsp3) is 0.833. The van der Waals surface area contributed by atoms with E-state index >= 15 is 0 Å². The van der Waals surface area contributed by atoms with Crippen LogP contribution in [0, 0.1) is 0 Å². The largest absolute Gasteiger partial charge is 0.460 e. The zero-order valence-corrected chi connectivity index (χ0v) is 10.6. The second-order valence-corrected chi connectivity index (χ2v) is 4.07. The molecule has 0 aliphatic carbocycles. The number of esters is 2. The van der Waals surface area contributed by atoms with Gasteiger partial charge in [0.15, 0.2) is 0 Å². The first-order chi connectivity index (χ1) is 8.06. The van der Waals surface area contributed by atoms with Gasteiger partial charge in [-0.3, -0.25) is 9.59 Å². The van der Waals surface area contributed by atoms with Crippen molar-refractivity contribution < 1.29 is 23.8 Å². The highest BCUT2D eigenvalue weighted by Crippen LogP contribution is 2.23. The molecule has 1 heterocycles. The minimum absolute atomic E-state index is 0.227. The minimum Gasteiger partial charge on any atom is -0.460 e. The van der Waals surface area contributed by atoms with Crippen molar-refractivity contribution in [1.82, 2.24) is 0 Å². The van der Waals surface area contributed by atoms with Crippen molar-refractivity contribution in [2.75, 3.05) is 0 Å². The van der Waals surface area contributed by atoms with Crippen LogP contribution >= 0.6 is 0 Å². The Balaban J connectivity index is 2.38. The molecule has 1 rings (SSSR count). The van der Waals surface area contributed by atoms with Gasteiger partial charge in [0.25, 0.3) is 0 Å². The second kappa shape index (κ2) is 6.59. The third-order valence-corrected chi connectivity index (χ3v) is 2.70. The van der Waals surface area contributed by atoms with Crippen LogP contribution in [-0.2, 0) is 23.8 Å². The standard InChI is InChI=1S/C12H20O5/c1-4-10(13)16-9-6-7-12(15-8(9)3)17-11(14)5-2/h8-9,12H,4-7H2,1-3H3/t8-,9+,12-/m0/s1. The molecule has 1 fully saturated rings. The number of carbonyl (C=O) groups excluding carboxylic acids is 2. The highest BCUT2D eigenvalue weighted by Gasteiger charge is 2.32. The van der Waals surface area contributed by atoms with Crippen LogP contribution in [-0.4, -0.2) is 30.4 Å². The predicted molar refractivity (Wildman–Crippen MR) is 60.1 cm³/mol. The molecule has 0 N–H and O–H groups in total. The molecule has 98 valence electrons. The zero-order valence-electron chi connectivity index (χ0n) is 10.6. The molecule has 1 aliphatic heterocycles. The van der Waals surface area contributed by atoms with Crippen LogP contribution in [0.5, 0.6) is 0 Å². The molecule has 0 aromatic carbocycles. The van der Waals surface area contributed by atoms with Gasteiger partial charge in [-0.25, -0.2) is 0 Å². The molecule has 0 spiro atoms. The summed E-state index contributed by atoms with van der Waals surface area (Å²) in [7, 11) is 0. The molecule has 0 amide bonds. The number of hydrogen-bond donors (Lipinski definition) is 0. The Kier molecular flexibility index (Phi) is 5.41. The molecule has 5 heteroatoms. The SMILES string of the molecule is CCC(=O)O[C@H]1CC[C@@H](OC(=O)CC)[C@H](C)O1. The smallest absolute Gasteiger partial charge is 0.307 e. The summed E-state index contributed by atoms with van der Waals surface area (Å²) < 4.78 is 15.8. The van der Waals surface area contributed by atoms with Gasteiger partial charge in [0.2, 0.25) is 6.29 Å². The summed E-state index contributed by atoms with van der Waals surface area (Å²) in [4.78, 5) is 22.3. The fourth-order valence-corrected chi connectivity index (χ4v) is 1.65. The van der Waals surface area contributed by atoms with E-state index in [1.165, 1.54) is 0 Å². The third-order valence-electron chi connectivity index (χ3n) is 2.70. The van der Waals surface area contributed by atoms with Crippen LogP contribution in [0.25, 0.3) is 0 Å². The summed E-state index contributed by atoms with van der Waals surface area (Å²) in [5.74, 6) is -0.499. The van der Waals surface area contributed by atoms with Crippen LogP contribution in [0.4, 0.5) is 0 Å². The molecule has 0 radical (unpaired) electrons. The van der Waals surface area contributed by atoms with Crippen molar-refractivity contribution in [2.24, 2.45) is 0 Å². The van der Waals surface area contributed by atoms with Gasteiger partial charge in [0.1, 0.15) is 6.10 Å². The Morgan fingerprint density at radius 3 is 2.24 bits per heavy atom. The summed E-state index contributed by atoms with van der Waals surface area (Å²) in [6.07, 6.45) is 0.939. The third kappa shape index (κ3) is 4.34. The summed E-state index contributed by atoms with van der Waals surface area (Å²) in [5, 5.41) is 0. The average Bonchev–Trinajstić information content (AvgIpc) is 2.32. The van der Waals surface area contributed by atoms with Gasteiger partial charge in [-0.05, 0) is 13.3 Å². The average molecular weight is 244 g/mol. The van der Waals surface area contributed by atoms with Gasteiger partial charge in [0.05, 0.1) is 6.10 Å². The summed E-state index contributed by atoms with van der Waals surface area (Å²) >= 11 is 0. The van der Waals surface area contributed by atoms with Crippen molar-refractivity contribution >= 4 is 11.9 Å². The number of ether oxygens (including phenoxy) is 3. The molecule has 1 saturated heterocycles. The van der Waals surface area contributed by atoms with Gasteiger partial charge < -0.3 is 14.2 Å². The molecule has 0 saturated carbocycles. The Morgan fingerprint density at radius 1 is 1.12 bits per heavy atom. The first-order valence-corrected chi connectivity index (χ1v) is 6.11. The molecule has 5 nitrogen and oxygen atoms in total. The van der Waals surface area contributed by atoms with Gasteiger partial charge in [0, 0.05) is 19.3 Å². The Labute approximate surface area is 101 Å². The summed E-state index contributed by atoms with van der Waals surface area (Å²) in [6.45, 7) is 5.31. The molecule has 0 aromatic rings. The monoisotopic (exact) mass is 244 g/mol. The van der Waals surface area contributed by atoms with E-state index in [9.17, 15) is 9.59 Å². The van der Waals surface area contributed by atoms with Gasteiger partial charge in [-0.2, -0.15) is 0 Å². The molecule has 3 atom stereocenters. The minimum atomic E-state index is -0.506. The van der Waals surface area contributed by atoms with Crippen LogP contribution in [0.3, 0.4) is 0 Å². The van der Waals surface area contributed by atoms with E-state index in [0.717, 1.165) is 0 Å². The van der Waals surface area contributed by atoms with Crippen LogP contribution < -0.4 is 0 Å². The topological polar surface area (TPSA) is 61.8 Å². The zero-order chi connectivity index (χ0) is 12.8. The maximum atomic E-state index is 11.2. The number of hydrogen-bond acceptors (Lipinski definition) is 5. The van der Waals surface area contributed by atoms with Gasteiger partial charge in [-0.15, -0.1) is 0 Å². The van der Waals surface area contributed by atoms with Gasteiger partial charge in [-0.1, -0.05) is 13.8 Å². The lowest BCUT2D eigenvalue weighted by molar-refractivity contribution is -0.224. The van der Waals surface area contributed by atoms with E-state index in [-0.39, 0.29) is 24.1 Å². The highest BCUT2D eigenvalue weighted by atomic mass is 16.7. The predicted octanol–water partition coefficient (Wildman–Crippen LogP) is 1.79. The van der Waals surface area contributed by atoms with E-state index in [4.69, 9.17) is 14.2 Å².